The van der Waals surface area contributed by atoms with Crippen molar-refractivity contribution in [2.45, 2.75) is 19.4 Å². The van der Waals surface area contributed by atoms with E-state index in [1.807, 2.05) is 31.2 Å². The molecule has 0 aliphatic carbocycles. The van der Waals surface area contributed by atoms with E-state index in [2.05, 4.69) is 25.9 Å². The van der Waals surface area contributed by atoms with Crippen molar-refractivity contribution in [3.63, 3.8) is 0 Å². The van der Waals surface area contributed by atoms with E-state index in [0.717, 1.165) is 42.3 Å². The zero-order valence-electron chi connectivity index (χ0n) is 17.6. The number of anilines is 1. The van der Waals surface area contributed by atoms with Crippen molar-refractivity contribution in [1.82, 2.24) is 19.5 Å². The molecule has 32 heavy (non-hydrogen) atoms. The van der Waals surface area contributed by atoms with Crippen LogP contribution in [-0.4, -0.2) is 50.8 Å². The number of hydrogen-bond donors (Lipinski definition) is 1. The number of benzene rings is 2. The van der Waals surface area contributed by atoms with E-state index in [-0.39, 0.29) is 17.7 Å². The highest BCUT2D eigenvalue weighted by atomic mass is 35.5. The van der Waals surface area contributed by atoms with Gasteiger partial charge < -0.3 is 10.0 Å². The Kier molecular flexibility index (Phi) is 5.75. The van der Waals surface area contributed by atoms with Crippen molar-refractivity contribution in [1.29, 1.82) is 0 Å². The highest BCUT2D eigenvalue weighted by Gasteiger charge is 2.32. The first-order valence-corrected chi connectivity index (χ1v) is 11.8. The molecule has 1 atom stereocenters. The third kappa shape index (κ3) is 3.94. The summed E-state index contributed by atoms with van der Waals surface area (Å²) >= 11 is 7.58. The van der Waals surface area contributed by atoms with Crippen LogP contribution in [0.2, 0.25) is 5.02 Å². The van der Waals surface area contributed by atoms with Crippen molar-refractivity contribution < 1.29 is 9.50 Å². The number of hydrogen-bond acceptors (Lipinski definition) is 6. The van der Waals surface area contributed by atoms with Crippen LogP contribution < -0.4 is 4.90 Å². The highest BCUT2D eigenvalue weighted by molar-refractivity contribution is 7.17. The minimum atomic E-state index is -0.294. The fourth-order valence-electron chi connectivity index (χ4n) is 4.23. The first-order chi connectivity index (χ1) is 15.5. The number of halogens is 2. The third-order valence-corrected chi connectivity index (χ3v) is 7.13. The second kappa shape index (κ2) is 8.69. The molecule has 5 rings (SSSR count). The van der Waals surface area contributed by atoms with Gasteiger partial charge in [0, 0.05) is 43.3 Å². The van der Waals surface area contributed by atoms with Crippen LogP contribution in [-0.2, 0) is 6.42 Å². The molecule has 2 aromatic heterocycles. The number of thiazole rings is 1. The van der Waals surface area contributed by atoms with E-state index in [1.54, 1.807) is 12.1 Å². The van der Waals surface area contributed by atoms with E-state index < -0.39 is 0 Å². The van der Waals surface area contributed by atoms with Gasteiger partial charge in [-0.05, 0) is 35.9 Å². The second-order valence-corrected chi connectivity index (χ2v) is 9.27. The minimum absolute atomic E-state index is 0.0729. The number of aromatic nitrogens is 3. The lowest BCUT2D eigenvalue weighted by atomic mass is 10.0. The molecule has 0 amide bonds. The second-order valence-electron chi connectivity index (χ2n) is 7.83. The SMILES string of the molecule is CCc1nc2sc([C@@H](c3cccc(F)c3)N3CCN(c4cccc(Cl)c4)CC3)c(O)n2n1. The maximum atomic E-state index is 14.1. The number of rotatable bonds is 5. The van der Waals surface area contributed by atoms with Crippen molar-refractivity contribution in [2.75, 3.05) is 31.1 Å². The summed E-state index contributed by atoms with van der Waals surface area (Å²) in [4.78, 5) is 10.5. The third-order valence-electron chi connectivity index (χ3n) is 5.83. The van der Waals surface area contributed by atoms with Gasteiger partial charge in [-0.25, -0.2) is 9.37 Å². The maximum absolute atomic E-state index is 14.1. The van der Waals surface area contributed by atoms with Crippen LogP contribution in [0.15, 0.2) is 48.5 Å². The molecule has 4 aromatic rings. The Hall–Kier alpha value is -2.68. The summed E-state index contributed by atoms with van der Waals surface area (Å²) in [5.74, 6) is 0.469. The van der Waals surface area contributed by atoms with E-state index in [9.17, 15) is 9.50 Å². The van der Waals surface area contributed by atoms with Crippen LogP contribution in [0.5, 0.6) is 5.88 Å². The molecular weight excluding hydrogens is 449 g/mol. The maximum Gasteiger partial charge on any atom is 0.230 e. The Bertz CT molecular complexity index is 1250. The van der Waals surface area contributed by atoms with Crippen LogP contribution in [0.4, 0.5) is 10.1 Å². The highest BCUT2D eigenvalue weighted by Crippen LogP contribution is 2.40. The van der Waals surface area contributed by atoms with Gasteiger partial charge in [0.05, 0.1) is 10.9 Å². The van der Waals surface area contributed by atoms with Gasteiger partial charge in [0.1, 0.15) is 5.82 Å². The summed E-state index contributed by atoms with van der Waals surface area (Å²) in [7, 11) is 0. The van der Waals surface area contributed by atoms with Gasteiger partial charge in [-0.2, -0.15) is 4.52 Å². The standard InChI is InChI=1S/C23H23ClFN5OS/c1-2-19-26-23-30(27-19)22(31)21(32-23)20(15-5-3-7-17(25)13-15)29-11-9-28(10-12-29)18-8-4-6-16(24)14-18/h3-8,13-14,20,31H,2,9-12H2,1H3/t20-/m1/s1. The summed E-state index contributed by atoms with van der Waals surface area (Å²) in [5, 5.41) is 16.1. The molecule has 6 nitrogen and oxygen atoms in total. The van der Waals surface area contributed by atoms with Gasteiger partial charge in [-0.15, -0.1) is 5.10 Å². The Labute approximate surface area is 194 Å². The van der Waals surface area contributed by atoms with Gasteiger partial charge in [0.15, 0.2) is 5.82 Å². The van der Waals surface area contributed by atoms with Crippen molar-refractivity contribution in [3.05, 3.63) is 75.6 Å². The summed E-state index contributed by atoms with van der Waals surface area (Å²) in [6.07, 6.45) is 0.696. The van der Waals surface area contributed by atoms with Gasteiger partial charge in [-0.3, -0.25) is 4.90 Å². The lowest BCUT2D eigenvalue weighted by Crippen LogP contribution is -2.47. The first-order valence-electron chi connectivity index (χ1n) is 10.6. The van der Waals surface area contributed by atoms with Gasteiger partial charge in [0.2, 0.25) is 10.8 Å². The predicted octanol–water partition coefficient (Wildman–Crippen LogP) is 4.76. The molecule has 0 saturated carbocycles. The fourth-order valence-corrected chi connectivity index (χ4v) is 5.55. The summed E-state index contributed by atoms with van der Waals surface area (Å²) in [6.45, 7) is 5.08. The molecule has 2 aromatic carbocycles. The van der Waals surface area contributed by atoms with Gasteiger partial charge in [-0.1, -0.05) is 48.1 Å². The summed E-state index contributed by atoms with van der Waals surface area (Å²) < 4.78 is 15.6. The average Bonchev–Trinajstić information content (AvgIpc) is 3.34. The molecular formula is C23H23ClFN5OS. The number of nitrogens with zero attached hydrogens (tertiary/aromatic N) is 5. The number of fused-ring (bicyclic) bond motifs is 1. The molecule has 1 N–H and O–H groups in total. The molecule has 0 spiro atoms. The smallest absolute Gasteiger partial charge is 0.230 e. The van der Waals surface area contributed by atoms with E-state index in [4.69, 9.17) is 11.6 Å². The zero-order chi connectivity index (χ0) is 22.2. The van der Waals surface area contributed by atoms with Crippen molar-refractivity contribution in [2.24, 2.45) is 0 Å². The molecule has 9 heteroatoms. The quantitative estimate of drug-likeness (QED) is 0.454. The fraction of sp³-hybridized carbons (Fsp3) is 0.304. The molecule has 1 aliphatic rings. The van der Waals surface area contributed by atoms with Crippen LogP contribution in [0.1, 0.15) is 29.2 Å². The average molecular weight is 472 g/mol. The minimum Gasteiger partial charge on any atom is -0.492 e. The summed E-state index contributed by atoms with van der Waals surface area (Å²) in [6, 6.07) is 14.2. The zero-order valence-corrected chi connectivity index (χ0v) is 19.2. The normalized spacial score (nSPS) is 16.0. The number of piperazine rings is 1. The monoisotopic (exact) mass is 471 g/mol. The number of aryl methyl sites for hydroxylation is 1. The summed E-state index contributed by atoms with van der Waals surface area (Å²) in [5.41, 5.74) is 1.89. The van der Waals surface area contributed by atoms with Crippen molar-refractivity contribution >= 4 is 33.6 Å². The molecule has 1 aliphatic heterocycles. The van der Waals surface area contributed by atoms with Gasteiger partial charge >= 0.3 is 0 Å². The largest absolute Gasteiger partial charge is 0.492 e. The first kappa shape index (κ1) is 21.2. The lowest BCUT2D eigenvalue weighted by Gasteiger charge is -2.40. The van der Waals surface area contributed by atoms with Crippen LogP contribution in [0.25, 0.3) is 4.96 Å². The topological polar surface area (TPSA) is 56.9 Å². The molecule has 0 bridgehead atoms. The van der Waals surface area contributed by atoms with Crippen LogP contribution in [0.3, 0.4) is 0 Å². The molecule has 3 heterocycles. The Balaban J connectivity index is 1.48. The molecule has 1 fully saturated rings. The van der Waals surface area contributed by atoms with Crippen molar-refractivity contribution in [3.8, 4) is 5.88 Å². The number of aromatic hydroxyl groups is 1. The Morgan fingerprint density at radius 1 is 1.12 bits per heavy atom. The van der Waals surface area contributed by atoms with E-state index in [1.165, 1.54) is 21.9 Å². The Morgan fingerprint density at radius 3 is 2.59 bits per heavy atom. The van der Waals surface area contributed by atoms with Crippen LogP contribution >= 0.6 is 22.9 Å². The molecule has 0 radical (unpaired) electrons. The van der Waals surface area contributed by atoms with Gasteiger partial charge in [0.25, 0.3) is 0 Å². The predicted molar refractivity (Wildman–Crippen MR) is 125 cm³/mol. The van der Waals surface area contributed by atoms with Crippen LogP contribution in [0, 0.1) is 5.82 Å². The molecule has 0 unspecified atom stereocenters. The lowest BCUT2D eigenvalue weighted by molar-refractivity contribution is 0.211. The Morgan fingerprint density at radius 2 is 1.91 bits per heavy atom. The van der Waals surface area contributed by atoms with E-state index in [0.29, 0.717) is 22.2 Å². The molecule has 166 valence electrons. The van der Waals surface area contributed by atoms with E-state index >= 15 is 0 Å². The molecule has 1 saturated heterocycles.